The topological polar surface area (TPSA) is 64.9 Å². The Bertz CT molecular complexity index is 680. The molecule has 0 bridgehead atoms. The number of nitrogens with one attached hydrogen (secondary N) is 1. The third-order valence-corrected chi connectivity index (χ3v) is 4.08. The van der Waals surface area contributed by atoms with Crippen molar-refractivity contribution in [1.82, 2.24) is 14.9 Å². The average Bonchev–Trinajstić information content (AvgIpc) is 3.18. The van der Waals surface area contributed by atoms with Crippen molar-refractivity contribution in [3.8, 4) is 6.07 Å². The number of imidazole rings is 1. The lowest BCUT2D eigenvalue weighted by Gasteiger charge is -2.22. The van der Waals surface area contributed by atoms with Gasteiger partial charge in [-0.2, -0.15) is 5.26 Å². The van der Waals surface area contributed by atoms with E-state index in [0.717, 1.165) is 12.2 Å². The summed E-state index contributed by atoms with van der Waals surface area (Å²) < 4.78 is 19.5. The second-order valence-corrected chi connectivity index (χ2v) is 5.43. The van der Waals surface area contributed by atoms with Crippen LogP contribution in [0, 0.1) is 17.1 Å². The average molecular weight is 300 g/mol. The van der Waals surface area contributed by atoms with Crippen molar-refractivity contribution in [3.05, 3.63) is 53.4 Å². The number of nitrogens with zero attached hydrogens (tertiary/aromatic N) is 3. The Morgan fingerprint density at radius 2 is 2.41 bits per heavy atom. The van der Waals surface area contributed by atoms with E-state index in [2.05, 4.69) is 14.9 Å². The first-order valence-electron chi connectivity index (χ1n) is 7.16. The summed E-state index contributed by atoms with van der Waals surface area (Å²) in [6.07, 6.45) is 4.40. The molecule has 1 N–H and O–H groups in total. The maximum atomic E-state index is 14.0. The SMILES string of the molecule is CO[C@@H]1CC(c2ncc[nH]2)N(Cc2cc(C#N)ccc2F)C1. The fourth-order valence-electron chi connectivity index (χ4n) is 2.94. The summed E-state index contributed by atoms with van der Waals surface area (Å²) in [4.78, 5) is 9.57. The lowest BCUT2D eigenvalue weighted by Crippen LogP contribution is -2.25. The molecule has 0 amide bonds. The first-order valence-corrected chi connectivity index (χ1v) is 7.16. The minimum absolute atomic E-state index is 0.0603. The summed E-state index contributed by atoms with van der Waals surface area (Å²) in [6, 6.07) is 6.55. The van der Waals surface area contributed by atoms with Gasteiger partial charge >= 0.3 is 0 Å². The van der Waals surface area contributed by atoms with E-state index in [4.69, 9.17) is 10.00 Å². The summed E-state index contributed by atoms with van der Waals surface area (Å²) in [5, 5.41) is 8.98. The standard InChI is InChI=1S/C16H17FN4O/c1-22-13-7-15(16-19-4-5-20-16)21(10-13)9-12-6-11(8-18)2-3-14(12)17/h2-6,13,15H,7,9-10H2,1H3,(H,19,20)/t13-,15?/m1/s1. The lowest BCUT2D eigenvalue weighted by molar-refractivity contribution is 0.107. The molecular formula is C16H17FN4O. The van der Waals surface area contributed by atoms with Crippen LogP contribution in [0.4, 0.5) is 4.39 Å². The molecular weight excluding hydrogens is 283 g/mol. The molecule has 6 heteroatoms. The van der Waals surface area contributed by atoms with Gasteiger partial charge in [-0.15, -0.1) is 0 Å². The van der Waals surface area contributed by atoms with Gasteiger partial charge in [-0.3, -0.25) is 4.90 Å². The first-order chi connectivity index (χ1) is 10.7. The zero-order valence-electron chi connectivity index (χ0n) is 12.3. The number of aromatic amines is 1. The third kappa shape index (κ3) is 2.86. The van der Waals surface area contributed by atoms with Gasteiger partial charge in [-0.25, -0.2) is 9.37 Å². The second-order valence-electron chi connectivity index (χ2n) is 5.43. The number of benzene rings is 1. The molecule has 1 saturated heterocycles. The summed E-state index contributed by atoms with van der Waals surface area (Å²) in [5.41, 5.74) is 0.987. The Morgan fingerprint density at radius 3 is 3.09 bits per heavy atom. The number of H-pyrrole nitrogens is 1. The van der Waals surface area contributed by atoms with Gasteiger partial charge in [-0.1, -0.05) is 0 Å². The molecule has 1 unspecified atom stereocenters. The van der Waals surface area contributed by atoms with Crippen molar-refractivity contribution < 1.29 is 9.13 Å². The van der Waals surface area contributed by atoms with E-state index in [-0.39, 0.29) is 18.0 Å². The van der Waals surface area contributed by atoms with Gasteiger partial charge in [0.25, 0.3) is 0 Å². The van der Waals surface area contributed by atoms with Crippen molar-refractivity contribution in [3.63, 3.8) is 0 Å². The highest BCUT2D eigenvalue weighted by molar-refractivity contribution is 5.33. The van der Waals surface area contributed by atoms with Crippen LogP contribution in [-0.2, 0) is 11.3 Å². The van der Waals surface area contributed by atoms with E-state index in [1.165, 1.54) is 12.1 Å². The molecule has 0 spiro atoms. The Morgan fingerprint density at radius 1 is 1.55 bits per heavy atom. The van der Waals surface area contributed by atoms with Crippen molar-refractivity contribution >= 4 is 0 Å². The number of nitriles is 1. The molecule has 0 radical (unpaired) electrons. The number of hydrogen-bond donors (Lipinski definition) is 1. The van der Waals surface area contributed by atoms with Crippen LogP contribution in [0.2, 0.25) is 0 Å². The Kier molecular flexibility index (Phi) is 4.18. The maximum absolute atomic E-state index is 14.0. The van der Waals surface area contributed by atoms with Gasteiger partial charge in [0.2, 0.25) is 0 Å². The minimum Gasteiger partial charge on any atom is -0.380 e. The molecule has 0 aliphatic carbocycles. The summed E-state index contributed by atoms with van der Waals surface area (Å²) >= 11 is 0. The van der Waals surface area contributed by atoms with Crippen molar-refractivity contribution in [2.75, 3.05) is 13.7 Å². The minimum atomic E-state index is -0.293. The van der Waals surface area contributed by atoms with E-state index >= 15 is 0 Å². The van der Waals surface area contributed by atoms with Crippen LogP contribution in [0.15, 0.2) is 30.6 Å². The van der Waals surface area contributed by atoms with Crippen molar-refractivity contribution in [2.45, 2.75) is 25.1 Å². The summed E-state index contributed by atoms with van der Waals surface area (Å²) in [7, 11) is 1.68. The smallest absolute Gasteiger partial charge is 0.127 e. The third-order valence-electron chi connectivity index (χ3n) is 4.08. The molecule has 5 nitrogen and oxygen atoms in total. The molecule has 114 valence electrons. The molecule has 2 heterocycles. The number of halogens is 1. The van der Waals surface area contributed by atoms with E-state index in [0.29, 0.717) is 24.2 Å². The molecule has 3 rings (SSSR count). The fourth-order valence-corrected chi connectivity index (χ4v) is 2.94. The van der Waals surface area contributed by atoms with E-state index in [1.807, 2.05) is 6.07 Å². The molecule has 22 heavy (non-hydrogen) atoms. The zero-order chi connectivity index (χ0) is 15.5. The van der Waals surface area contributed by atoms with Crippen LogP contribution in [0.3, 0.4) is 0 Å². The largest absolute Gasteiger partial charge is 0.380 e. The van der Waals surface area contributed by atoms with Gasteiger partial charge in [0.15, 0.2) is 0 Å². The number of hydrogen-bond acceptors (Lipinski definition) is 4. The fraction of sp³-hybridized carbons (Fsp3) is 0.375. The second kappa shape index (κ2) is 6.26. The summed E-state index contributed by atoms with van der Waals surface area (Å²) in [5.74, 6) is 0.564. The van der Waals surface area contributed by atoms with Crippen LogP contribution < -0.4 is 0 Å². The quantitative estimate of drug-likeness (QED) is 0.941. The van der Waals surface area contributed by atoms with E-state index in [9.17, 15) is 4.39 Å². The predicted octanol–water partition coefficient (Wildman–Crippen LogP) is 2.38. The zero-order valence-corrected chi connectivity index (χ0v) is 12.3. The molecule has 1 fully saturated rings. The summed E-state index contributed by atoms with van der Waals surface area (Å²) in [6.45, 7) is 1.13. The number of methoxy groups -OCH3 is 1. The molecule has 0 saturated carbocycles. The van der Waals surface area contributed by atoms with Gasteiger partial charge in [0.05, 0.1) is 23.8 Å². The van der Waals surface area contributed by atoms with E-state index < -0.39 is 0 Å². The van der Waals surface area contributed by atoms with Crippen LogP contribution >= 0.6 is 0 Å². The van der Waals surface area contributed by atoms with Crippen LogP contribution in [0.5, 0.6) is 0 Å². The molecule has 1 aliphatic rings. The van der Waals surface area contributed by atoms with Gasteiger partial charge in [0.1, 0.15) is 11.6 Å². The highest BCUT2D eigenvalue weighted by Crippen LogP contribution is 2.33. The van der Waals surface area contributed by atoms with Gasteiger partial charge < -0.3 is 9.72 Å². The molecule has 1 aromatic carbocycles. The number of likely N-dealkylation sites (tertiary alicyclic amines) is 1. The van der Waals surface area contributed by atoms with Crippen molar-refractivity contribution in [2.24, 2.45) is 0 Å². The number of aromatic nitrogens is 2. The maximum Gasteiger partial charge on any atom is 0.127 e. The lowest BCUT2D eigenvalue weighted by atomic mass is 10.1. The number of rotatable bonds is 4. The molecule has 1 aliphatic heterocycles. The first kappa shape index (κ1) is 14.7. The highest BCUT2D eigenvalue weighted by Gasteiger charge is 2.35. The Labute approximate surface area is 128 Å². The normalized spacial score (nSPS) is 21.9. The van der Waals surface area contributed by atoms with Crippen molar-refractivity contribution in [1.29, 1.82) is 5.26 Å². The molecule has 1 aromatic heterocycles. The Hall–Kier alpha value is -2.23. The van der Waals surface area contributed by atoms with Crippen LogP contribution in [0.1, 0.15) is 29.4 Å². The highest BCUT2D eigenvalue weighted by atomic mass is 19.1. The molecule has 2 aromatic rings. The van der Waals surface area contributed by atoms with Crippen LogP contribution in [-0.4, -0.2) is 34.6 Å². The van der Waals surface area contributed by atoms with E-state index in [1.54, 1.807) is 25.6 Å². The monoisotopic (exact) mass is 300 g/mol. The Balaban J connectivity index is 1.85. The van der Waals surface area contributed by atoms with Gasteiger partial charge in [0, 0.05) is 38.2 Å². The van der Waals surface area contributed by atoms with Crippen LogP contribution in [0.25, 0.3) is 0 Å². The van der Waals surface area contributed by atoms with Gasteiger partial charge in [-0.05, 0) is 24.6 Å². The predicted molar refractivity (Wildman–Crippen MR) is 78.3 cm³/mol. The number of ether oxygens (including phenoxy) is 1. The molecule has 2 atom stereocenters.